The van der Waals surface area contributed by atoms with Crippen LogP contribution in [-0.4, -0.2) is 15.7 Å². The molecular formula is C12H14F2O2S. The highest BCUT2D eigenvalue weighted by molar-refractivity contribution is 7.85. The molecule has 0 saturated heterocycles. The third kappa shape index (κ3) is 4.34. The Hall–Kier alpha value is -1.10. The molecule has 5 heteroatoms. The minimum Gasteiger partial charge on any atom is -0.300 e. The predicted octanol–water partition coefficient (Wildman–Crippen LogP) is 2.83. The molecule has 1 aromatic rings. The van der Waals surface area contributed by atoms with E-state index in [4.69, 9.17) is 0 Å². The van der Waals surface area contributed by atoms with Crippen molar-refractivity contribution in [3.8, 4) is 0 Å². The minimum atomic E-state index is -1.52. The summed E-state index contributed by atoms with van der Waals surface area (Å²) in [6, 6.07) is 2.97. The van der Waals surface area contributed by atoms with Crippen LogP contribution in [0.1, 0.15) is 26.2 Å². The van der Waals surface area contributed by atoms with Gasteiger partial charge >= 0.3 is 0 Å². The van der Waals surface area contributed by atoms with Crippen LogP contribution in [0.3, 0.4) is 0 Å². The summed E-state index contributed by atoms with van der Waals surface area (Å²) in [6.07, 6.45) is 1.26. The van der Waals surface area contributed by atoms with Crippen LogP contribution in [0.2, 0.25) is 0 Å². The largest absolute Gasteiger partial charge is 0.300 e. The van der Waals surface area contributed by atoms with Gasteiger partial charge in [0, 0.05) is 24.7 Å². The van der Waals surface area contributed by atoms with Gasteiger partial charge in [0.25, 0.3) is 0 Å². The van der Waals surface area contributed by atoms with Crippen molar-refractivity contribution in [3.63, 3.8) is 0 Å². The lowest BCUT2D eigenvalue weighted by molar-refractivity contribution is -0.118. The Balaban J connectivity index is 2.55. The van der Waals surface area contributed by atoms with Crippen molar-refractivity contribution in [3.05, 3.63) is 29.8 Å². The SMILES string of the molecule is CCC(=O)CCCS(=O)c1ccc(F)cc1F. The zero-order chi connectivity index (χ0) is 12.8. The number of hydrogen-bond acceptors (Lipinski definition) is 2. The molecule has 0 bridgehead atoms. The van der Waals surface area contributed by atoms with Gasteiger partial charge in [-0.15, -0.1) is 0 Å². The third-order valence-corrected chi connectivity index (χ3v) is 3.80. The van der Waals surface area contributed by atoms with Gasteiger partial charge in [-0.2, -0.15) is 0 Å². The topological polar surface area (TPSA) is 34.1 Å². The van der Waals surface area contributed by atoms with E-state index in [0.717, 1.165) is 6.07 Å². The molecule has 0 fully saturated rings. The Morgan fingerprint density at radius 3 is 2.65 bits per heavy atom. The Morgan fingerprint density at radius 1 is 1.35 bits per heavy atom. The monoisotopic (exact) mass is 260 g/mol. The van der Waals surface area contributed by atoms with Crippen LogP contribution in [0, 0.1) is 11.6 Å². The normalized spacial score (nSPS) is 12.4. The first-order chi connectivity index (χ1) is 8.04. The van der Waals surface area contributed by atoms with Crippen molar-refractivity contribution in [1.82, 2.24) is 0 Å². The smallest absolute Gasteiger partial charge is 0.142 e. The number of carbonyl (C=O) groups excluding carboxylic acids is 1. The van der Waals surface area contributed by atoms with Gasteiger partial charge in [0.2, 0.25) is 0 Å². The summed E-state index contributed by atoms with van der Waals surface area (Å²) in [5.41, 5.74) is 0. The lowest BCUT2D eigenvalue weighted by Gasteiger charge is -2.03. The van der Waals surface area contributed by atoms with E-state index in [9.17, 15) is 17.8 Å². The molecule has 0 aliphatic rings. The van der Waals surface area contributed by atoms with Crippen molar-refractivity contribution < 1.29 is 17.8 Å². The molecule has 0 aliphatic heterocycles. The van der Waals surface area contributed by atoms with Crippen molar-refractivity contribution >= 4 is 16.6 Å². The summed E-state index contributed by atoms with van der Waals surface area (Å²) in [5, 5.41) is 0. The molecular weight excluding hydrogens is 246 g/mol. The first kappa shape index (κ1) is 14.0. The average molecular weight is 260 g/mol. The quantitative estimate of drug-likeness (QED) is 0.788. The number of rotatable bonds is 6. The van der Waals surface area contributed by atoms with Crippen molar-refractivity contribution in [2.45, 2.75) is 31.1 Å². The molecule has 1 atom stereocenters. The first-order valence-electron chi connectivity index (χ1n) is 5.39. The fourth-order valence-corrected chi connectivity index (χ4v) is 2.47. The van der Waals surface area contributed by atoms with Gasteiger partial charge in [0.05, 0.1) is 15.7 Å². The number of benzene rings is 1. The Morgan fingerprint density at radius 2 is 2.06 bits per heavy atom. The van der Waals surface area contributed by atoms with Crippen molar-refractivity contribution in [2.75, 3.05) is 5.75 Å². The second-order valence-electron chi connectivity index (χ2n) is 3.62. The number of carbonyl (C=O) groups is 1. The summed E-state index contributed by atoms with van der Waals surface area (Å²) in [4.78, 5) is 11.0. The van der Waals surface area contributed by atoms with Crippen LogP contribution in [0.4, 0.5) is 8.78 Å². The summed E-state index contributed by atoms with van der Waals surface area (Å²) >= 11 is 0. The molecule has 2 nitrogen and oxygen atoms in total. The summed E-state index contributed by atoms with van der Waals surface area (Å²) in [6.45, 7) is 1.76. The molecule has 94 valence electrons. The third-order valence-electron chi connectivity index (χ3n) is 2.32. The van der Waals surface area contributed by atoms with Gasteiger partial charge < -0.3 is 0 Å². The van der Waals surface area contributed by atoms with Crippen LogP contribution in [0.25, 0.3) is 0 Å². The standard InChI is InChI=1S/C12H14F2O2S/c1-2-10(15)4-3-7-17(16)12-6-5-9(13)8-11(12)14/h5-6,8H,2-4,7H2,1H3. The van der Waals surface area contributed by atoms with Gasteiger partial charge in [-0.3, -0.25) is 9.00 Å². The maximum atomic E-state index is 13.3. The van der Waals surface area contributed by atoms with E-state index in [1.54, 1.807) is 6.92 Å². The summed E-state index contributed by atoms with van der Waals surface area (Å²) < 4.78 is 37.6. The van der Waals surface area contributed by atoms with E-state index in [1.807, 2.05) is 0 Å². The van der Waals surface area contributed by atoms with E-state index in [-0.39, 0.29) is 16.4 Å². The van der Waals surface area contributed by atoms with Gasteiger partial charge in [-0.05, 0) is 18.6 Å². The molecule has 0 saturated carbocycles. The Bertz CT molecular complexity index is 433. The van der Waals surface area contributed by atoms with E-state index in [0.29, 0.717) is 25.3 Å². The molecule has 0 spiro atoms. The van der Waals surface area contributed by atoms with Crippen LogP contribution < -0.4 is 0 Å². The molecule has 0 aliphatic carbocycles. The van der Waals surface area contributed by atoms with Gasteiger partial charge in [-0.25, -0.2) is 8.78 Å². The molecule has 0 radical (unpaired) electrons. The summed E-state index contributed by atoms with van der Waals surface area (Å²) in [5.74, 6) is -1.18. The molecule has 17 heavy (non-hydrogen) atoms. The van der Waals surface area contributed by atoms with Crippen LogP contribution in [-0.2, 0) is 15.6 Å². The fraction of sp³-hybridized carbons (Fsp3) is 0.417. The van der Waals surface area contributed by atoms with E-state index in [1.165, 1.54) is 6.07 Å². The number of halogens is 2. The minimum absolute atomic E-state index is 0.00431. The van der Waals surface area contributed by atoms with Gasteiger partial charge in [0.15, 0.2) is 0 Å². The maximum absolute atomic E-state index is 13.3. The van der Waals surface area contributed by atoms with Gasteiger partial charge in [-0.1, -0.05) is 6.92 Å². The molecule has 0 N–H and O–H groups in total. The lowest BCUT2D eigenvalue weighted by Crippen LogP contribution is -2.04. The van der Waals surface area contributed by atoms with Crippen LogP contribution >= 0.6 is 0 Å². The number of ketones is 1. The number of hydrogen-bond donors (Lipinski definition) is 0. The van der Waals surface area contributed by atoms with E-state index >= 15 is 0 Å². The highest BCUT2D eigenvalue weighted by Crippen LogP contribution is 2.15. The molecule has 1 rings (SSSR count). The van der Waals surface area contributed by atoms with E-state index in [2.05, 4.69) is 0 Å². The zero-order valence-electron chi connectivity index (χ0n) is 9.54. The molecule has 1 unspecified atom stereocenters. The second-order valence-corrected chi connectivity index (χ2v) is 5.16. The molecule has 0 amide bonds. The Labute approximate surface area is 101 Å². The summed E-state index contributed by atoms with van der Waals surface area (Å²) in [7, 11) is -1.52. The second kappa shape index (κ2) is 6.59. The number of Topliss-reactive ketones (excluding diaryl/α,β-unsaturated/α-hetero) is 1. The lowest BCUT2D eigenvalue weighted by atomic mass is 10.2. The average Bonchev–Trinajstić information content (AvgIpc) is 2.28. The van der Waals surface area contributed by atoms with E-state index < -0.39 is 22.4 Å². The zero-order valence-corrected chi connectivity index (χ0v) is 10.4. The Kier molecular flexibility index (Phi) is 5.41. The predicted molar refractivity (Wildman–Crippen MR) is 62.2 cm³/mol. The van der Waals surface area contributed by atoms with Crippen molar-refractivity contribution in [1.29, 1.82) is 0 Å². The van der Waals surface area contributed by atoms with Crippen LogP contribution in [0.5, 0.6) is 0 Å². The highest BCUT2D eigenvalue weighted by atomic mass is 32.2. The highest BCUT2D eigenvalue weighted by Gasteiger charge is 2.11. The first-order valence-corrected chi connectivity index (χ1v) is 6.71. The van der Waals surface area contributed by atoms with Gasteiger partial charge in [0.1, 0.15) is 17.4 Å². The fourth-order valence-electron chi connectivity index (χ4n) is 1.35. The molecule has 0 heterocycles. The molecule has 1 aromatic carbocycles. The van der Waals surface area contributed by atoms with Crippen LogP contribution in [0.15, 0.2) is 23.1 Å². The van der Waals surface area contributed by atoms with Crippen molar-refractivity contribution in [2.24, 2.45) is 0 Å². The maximum Gasteiger partial charge on any atom is 0.142 e. The molecule has 0 aromatic heterocycles.